The first kappa shape index (κ1) is 39.3. The molecule has 1 saturated carbocycles. The molecule has 298 valence electrons. The number of nitrogens with zero attached hydrogens (tertiary/aromatic N) is 4. The Labute approximate surface area is 344 Å². The predicted octanol–water partition coefficient (Wildman–Crippen LogP) is 7.98. The van der Waals surface area contributed by atoms with Crippen LogP contribution >= 0.6 is 39.1 Å². The average Bonchev–Trinajstić information content (AvgIpc) is 3.56. The number of amides is 4. The lowest BCUT2D eigenvalue weighted by Gasteiger charge is -2.50. The summed E-state index contributed by atoms with van der Waals surface area (Å²) in [6.07, 6.45) is -2.72. The van der Waals surface area contributed by atoms with Gasteiger partial charge in [0.2, 0.25) is 11.8 Å². The highest BCUT2D eigenvalue weighted by molar-refractivity contribution is 9.10. The molecular weight excluding hydrogens is 874 g/mol. The number of ether oxygens (including phenoxy) is 1. The number of anilines is 2. The molecule has 1 aromatic heterocycles. The van der Waals surface area contributed by atoms with Gasteiger partial charge < -0.3 is 9.84 Å². The molecule has 0 radical (unpaired) electrons. The molecule has 8 rings (SSSR count). The monoisotopic (exact) mass is 899 g/mol. The van der Waals surface area contributed by atoms with Crippen molar-refractivity contribution in [2.24, 2.45) is 23.7 Å². The number of halogens is 6. The van der Waals surface area contributed by atoms with E-state index in [4.69, 9.17) is 27.9 Å². The number of nitrogens with one attached hydrogen (secondary N) is 1. The van der Waals surface area contributed by atoms with Gasteiger partial charge in [0.05, 0.1) is 51.5 Å². The molecular formula is C39H27BrCl2F3N5O8. The third-order valence-electron chi connectivity index (χ3n) is 11.5. The summed E-state index contributed by atoms with van der Waals surface area (Å²) in [6.45, 7) is 0. The van der Waals surface area contributed by atoms with Gasteiger partial charge in [-0.25, -0.2) is 4.98 Å². The highest BCUT2D eigenvalue weighted by Gasteiger charge is 2.71. The molecule has 6 unspecified atom stereocenters. The SMILES string of the molecule is COc1cc(Br)cc(C2C3=CCC4C(=O)N(c5ccc([N+](=O)[O-])cc5)C(=O)C4C3CC3C(=O)N(Nc4ncc(C(F)(F)F)cc4Cl)C(=O)C32c2ccc(Cl)cc2)c1O. The molecule has 3 heterocycles. The number of fused-ring (bicyclic) bond motifs is 4. The summed E-state index contributed by atoms with van der Waals surface area (Å²) in [5.74, 6) is -9.17. The van der Waals surface area contributed by atoms with E-state index in [1.807, 2.05) is 0 Å². The summed E-state index contributed by atoms with van der Waals surface area (Å²) in [5.41, 5.74) is 0.189. The summed E-state index contributed by atoms with van der Waals surface area (Å²) in [7, 11) is 1.32. The van der Waals surface area contributed by atoms with E-state index >= 15 is 4.79 Å². The van der Waals surface area contributed by atoms with E-state index in [2.05, 4.69) is 26.3 Å². The van der Waals surface area contributed by atoms with Crippen LogP contribution in [0.1, 0.15) is 35.4 Å². The van der Waals surface area contributed by atoms with Gasteiger partial charge in [0.1, 0.15) is 0 Å². The molecule has 2 saturated heterocycles. The van der Waals surface area contributed by atoms with Crippen LogP contribution in [0.15, 0.2) is 89.0 Å². The molecule has 4 aromatic rings. The zero-order valence-electron chi connectivity index (χ0n) is 29.7. The van der Waals surface area contributed by atoms with Gasteiger partial charge >= 0.3 is 6.18 Å². The van der Waals surface area contributed by atoms with E-state index in [0.717, 1.165) is 4.90 Å². The van der Waals surface area contributed by atoms with Crippen molar-refractivity contribution in [3.05, 3.63) is 126 Å². The molecule has 0 spiro atoms. The van der Waals surface area contributed by atoms with Gasteiger partial charge in [-0.1, -0.05) is 62.9 Å². The van der Waals surface area contributed by atoms with Crippen molar-refractivity contribution < 1.29 is 47.1 Å². The van der Waals surface area contributed by atoms with Crippen LogP contribution in [0, 0.1) is 33.8 Å². The van der Waals surface area contributed by atoms with E-state index in [1.165, 1.54) is 49.6 Å². The van der Waals surface area contributed by atoms with Gasteiger partial charge in [-0.2, -0.15) is 18.2 Å². The lowest BCUT2D eigenvalue weighted by atomic mass is 9.49. The molecule has 6 atom stereocenters. The Morgan fingerprint density at radius 3 is 2.31 bits per heavy atom. The number of hydrazine groups is 1. The van der Waals surface area contributed by atoms with Crippen molar-refractivity contribution >= 4 is 80.0 Å². The maximum Gasteiger partial charge on any atom is 0.417 e. The number of carbonyl (C=O) groups excluding carboxylic acids is 4. The van der Waals surface area contributed by atoms with Crippen LogP contribution in [0.25, 0.3) is 0 Å². The highest BCUT2D eigenvalue weighted by Crippen LogP contribution is 2.65. The van der Waals surface area contributed by atoms with Crippen molar-refractivity contribution in [3.8, 4) is 11.5 Å². The maximum atomic E-state index is 15.4. The number of nitro benzene ring substituents is 1. The summed E-state index contributed by atoms with van der Waals surface area (Å²) >= 11 is 16.0. The number of methoxy groups -OCH3 is 1. The van der Waals surface area contributed by atoms with Crippen LogP contribution in [-0.4, -0.2) is 50.8 Å². The number of pyridine rings is 1. The van der Waals surface area contributed by atoms with Crippen molar-refractivity contribution in [2.75, 3.05) is 17.4 Å². The van der Waals surface area contributed by atoms with Gasteiger partial charge in [-0.3, -0.25) is 39.6 Å². The van der Waals surface area contributed by atoms with Crippen LogP contribution in [0.3, 0.4) is 0 Å². The number of non-ortho nitro benzene ring substituents is 1. The fourth-order valence-corrected chi connectivity index (χ4v) is 9.86. The number of phenolic OH excluding ortho intramolecular Hbond substituents is 1. The molecule has 3 fully saturated rings. The second kappa shape index (κ2) is 14.1. The molecule has 2 aliphatic heterocycles. The number of aromatic nitrogens is 1. The Morgan fingerprint density at radius 2 is 1.69 bits per heavy atom. The minimum atomic E-state index is -4.79. The van der Waals surface area contributed by atoms with Crippen molar-refractivity contribution in [1.29, 1.82) is 0 Å². The number of alkyl halides is 3. The van der Waals surface area contributed by atoms with Crippen molar-refractivity contribution in [1.82, 2.24) is 9.99 Å². The molecule has 2 N–H and O–H groups in total. The number of hydrogen-bond donors (Lipinski definition) is 2. The van der Waals surface area contributed by atoms with Crippen LogP contribution in [0.5, 0.6) is 11.5 Å². The second-order valence-electron chi connectivity index (χ2n) is 14.2. The standard InChI is InChI=1S/C39H27BrCl2F3N5O8/c1-58-29-14-19(40)13-26(32(29)51)31-23-10-11-24-30(36(54)48(34(24)52)21-6-8-22(9-7-21)50(56)57)25(23)15-27-35(53)49(37(55)38(27,31)17-2-4-20(41)5-3-17)47-33-28(42)12-18(16-46-33)39(43,44)45/h2-10,12-14,16,24-25,27,30-31,51H,11,15H2,1H3,(H,46,47). The quantitative estimate of drug-likeness (QED) is 0.0802. The number of rotatable bonds is 7. The summed E-state index contributed by atoms with van der Waals surface area (Å²) in [6, 6.07) is 14.7. The number of aromatic hydroxyl groups is 1. The Bertz CT molecular complexity index is 2490. The molecule has 4 aliphatic rings. The molecule has 4 amide bonds. The van der Waals surface area contributed by atoms with Crippen LogP contribution in [0.2, 0.25) is 10.0 Å². The molecule has 58 heavy (non-hydrogen) atoms. The van der Waals surface area contributed by atoms with Crippen molar-refractivity contribution in [3.63, 3.8) is 0 Å². The minimum absolute atomic E-state index is 0.00699. The van der Waals surface area contributed by atoms with E-state index in [9.17, 15) is 42.8 Å². The molecule has 13 nitrogen and oxygen atoms in total. The van der Waals surface area contributed by atoms with Gasteiger partial charge in [-0.05, 0) is 66.8 Å². The second-order valence-corrected chi connectivity index (χ2v) is 16.0. The van der Waals surface area contributed by atoms with Crippen LogP contribution < -0.4 is 15.1 Å². The zero-order chi connectivity index (χ0) is 41.6. The predicted molar refractivity (Wildman–Crippen MR) is 205 cm³/mol. The lowest BCUT2D eigenvalue weighted by Crippen LogP contribution is -2.53. The van der Waals surface area contributed by atoms with Crippen molar-refractivity contribution in [2.45, 2.75) is 30.4 Å². The van der Waals surface area contributed by atoms with E-state index in [-0.39, 0.29) is 46.8 Å². The lowest BCUT2D eigenvalue weighted by molar-refractivity contribution is -0.384. The molecule has 19 heteroatoms. The van der Waals surface area contributed by atoms with E-state index in [1.54, 1.807) is 24.3 Å². The number of benzene rings is 3. The Balaban J connectivity index is 1.32. The van der Waals surface area contributed by atoms with Gasteiger partial charge in [0.25, 0.3) is 17.5 Å². The van der Waals surface area contributed by atoms with Gasteiger partial charge in [0, 0.05) is 39.3 Å². The number of allylic oxidation sites excluding steroid dienone is 2. The van der Waals surface area contributed by atoms with Gasteiger partial charge in [-0.15, -0.1) is 0 Å². The third-order valence-corrected chi connectivity index (χ3v) is 12.5. The average molecular weight is 901 g/mol. The Hall–Kier alpha value is -5.52. The molecule has 2 aliphatic carbocycles. The normalized spacial score (nSPS) is 25.3. The number of hydrogen-bond acceptors (Lipinski definition) is 10. The third kappa shape index (κ3) is 5.92. The Kier molecular flexibility index (Phi) is 9.55. The fraction of sp³-hybridized carbons (Fsp3) is 0.256. The number of phenols is 1. The zero-order valence-corrected chi connectivity index (χ0v) is 32.8. The molecule has 0 bridgehead atoms. The first-order valence-corrected chi connectivity index (χ1v) is 19.1. The highest BCUT2D eigenvalue weighted by atomic mass is 79.9. The first-order valence-electron chi connectivity index (χ1n) is 17.5. The maximum absolute atomic E-state index is 15.4. The summed E-state index contributed by atoms with van der Waals surface area (Å²) in [5, 5.41) is 23.6. The summed E-state index contributed by atoms with van der Waals surface area (Å²) < 4.78 is 46.5. The number of carbonyl (C=O) groups is 4. The topological polar surface area (TPSA) is 172 Å². The minimum Gasteiger partial charge on any atom is -0.504 e. The van der Waals surface area contributed by atoms with Crippen LogP contribution in [0.4, 0.5) is 30.4 Å². The summed E-state index contributed by atoms with van der Waals surface area (Å²) in [4.78, 5) is 74.4. The first-order chi connectivity index (χ1) is 27.5. The van der Waals surface area contributed by atoms with E-state index in [0.29, 0.717) is 32.3 Å². The molecule has 3 aromatic carbocycles. The van der Waals surface area contributed by atoms with Crippen LogP contribution in [-0.2, 0) is 30.8 Å². The van der Waals surface area contributed by atoms with Gasteiger partial charge in [0.15, 0.2) is 17.3 Å². The fourth-order valence-electron chi connectivity index (χ4n) is 9.08. The van der Waals surface area contributed by atoms with E-state index < -0.39 is 86.1 Å². The Morgan fingerprint density at radius 1 is 1.00 bits per heavy atom. The number of imide groups is 2. The number of nitro groups is 1. The largest absolute Gasteiger partial charge is 0.504 e. The smallest absolute Gasteiger partial charge is 0.417 e.